The van der Waals surface area contributed by atoms with Crippen LogP contribution in [0.4, 0.5) is 5.69 Å². The Morgan fingerprint density at radius 2 is 1.68 bits per heavy atom. The molecule has 0 saturated carbocycles. The second-order valence-electron chi connectivity index (χ2n) is 4.90. The number of carboxylic acids is 1. The summed E-state index contributed by atoms with van der Waals surface area (Å²) in [4.78, 5) is 23.8. The number of amides is 1. The number of para-hydroxylation sites is 1. The van der Waals surface area contributed by atoms with Crippen LogP contribution in [-0.2, 0) is 4.79 Å². The van der Waals surface area contributed by atoms with Gasteiger partial charge in [-0.2, -0.15) is 0 Å². The molecule has 2 aromatic rings. The van der Waals surface area contributed by atoms with E-state index < -0.39 is 5.97 Å². The van der Waals surface area contributed by atoms with Crippen LogP contribution in [0.2, 0.25) is 0 Å². The van der Waals surface area contributed by atoms with Gasteiger partial charge in [-0.25, -0.2) is 4.79 Å². The summed E-state index contributed by atoms with van der Waals surface area (Å²) in [6.07, 6.45) is 0. The van der Waals surface area contributed by atoms with E-state index in [9.17, 15) is 9.59 Å². The van der Waals surface area contributed by atoms with Gasteiger partial charge in [0.2, 0.25) is 5.91 Å². The molecule has 4 nitrogen and oxygen atoms in total. The van der Waals surface area contributed by atoms with Crippen LogP contribution >= 0.6 is 11.8 Å². The van der Waals surface area contributed by atoms with Crippen LogP contribution in [0.3, 0.4) is 0 Å². The molecule has 0 aromatic heterocycles. The van der Waals surface area contributed by atoms with Crippen molar-refractivity contribution in [3.05, 3.63) is 59.2 Å². The largest absolute Gasteiger partial charge is 0.478 e. The summed E-state index contributed by atoms with van der Waals surface area (Å²) in [7, 11) is 0. The SMILES string of the molecule is Cc1cccc(C)c1NC(=O)CSc1ccccc1C(=O)O. The molecule has 2 aromatic carbocycles. The van der Waals surface area contributed by atoms with Crippen molar-refractivity contribution in [2.24, 2.45) is 0 Å². The molecule has 0 radical (unpaired) electrons. The Labute approximate surface area is 133 Å². The molecule has 0 heterocycles. The standard InChI is InChI=1S/C17H17NO3S/c1-11-6-5-7-12(2)16(11)18-15(19)10-22-14-9-4-3-8-13(14)17(20)21/h3-9H,10H2,1-2H3,(H,18,19)(H,20,21). The lowest BCUT2D eigenvalue weighted by Gasteiger charge is -2.11. The third-order valence-electron chi connectivity index (χ3n) is 3.22. The van der Waals surface area contributed by atoms with Crippen molar-refractivity contribution in [3.8, 4) is 0 Å². The zero-order chi connectivity index (χ0) is 16.1. The number of thioether (sulfide) groups is 1. The number of hydrogen-bond acceptors (Lipinski definition) is 3. The van der Waals surface area contributed by atoms with Crippen LogP contribution < -0.4 is 5.32 Å². The van der Waals surface area contributed by atoms with E-state index in [1.54, 1.807) is 18.2 Å². The van der Waals surface area contributed by atoms with Crippen LogP contribution in [0, 0.1) is 13.8 Å². The molecule has 0 aliphatic rings. The molecule has 0 spiro atoms. The monoisotopic (exact) mass is 315 g/mol. The molecule has 22 heavy (non-hydrogen) atoms. The predicted molar refractivity (Wildman–Crippen MR) is 88.7 cm³/mol. The normalized spacial score (nSPS) is 10.3. The van der Waals surface area contributed by atoms with Crippen molar-refractivity contribution >= 4 is 29.3 Å². The molecule has 0 saturated heterocycles. The van der Waals surface area contributed by atoms with Crippen molar-refractivity contribution in [2.75, 3.05) is 11.1 Å². The Hall–Kier alpha value is -2.27. The minimum atomic E-state index is -0.988. The first-order chi connectivity index (χ1) is 10.5. The lowest BCUT2D eigenvalue weighted by Crippen LogP contribution is -2.16. The highest BCUT2D eigenvalue weighted by molar-refractivity contribution is 8.00. The molecule has 1 amide bonds. The molecular formula is C17H17NO3S. The number of rotatable bonds is 5. The number of carbonyl (C=O) groups is 2. The maximum Gasteiger partial charge on any atom is 0.336 e. The van der Waals surface area contributed by atoms with Gasteiger partial charge in [0.1, 0.15) is 0 Å². The van der Waals surface area contributed by atoms with E-state index in [-0.39, 0.29) is 17.2 Å². The van der Waals surface area contributed by atoms with Gasteiger partial charge in [0.05, 0.1) is 11.3 Å². The summed E-state index contributed by atoms with van der Waals surface area (Å²) in [5.74, 6) is -0.973. The highest BCUT2D eigenvalue weighted by Crippen LogP contribution is 2.24. The highest BCUT2D eigenvalue weighted by atomic mass is 32.2. The first-order valence-corrected chi connectivity index (χ1v) is 7.79. The van der Waals surface area contributed by atoms with Crippen molar-refractivity contribution in [2.45, 2.75) is 18.7 Å². The average molecular weight is 315 g/mol. The lowest BCUT2D eigenvalue weighted by molar-refractivity contribution is -0.113. The molecule has 0 atom stereocenters. The van der Waals surface area contributed by atoms with Gasteiger partial charge in [0, 0.05) is 10.6 Å². The second kappa shape index (κ2) is 7.13. The number of carboxylic acid groups (broad SMARTS) is 1. The van der Waals surface area contributed by atoms with E-state index in [0.717, 1.165) is 16.8 Å². The predicted octanol–water partition coefficient (Wildman–Crippen LogP) is 3.73. The smallest absolute Gasteiger partial charge is 0.336 e. The molecule has 2 N–H and O–H groups in total. The van der Waals surface area contributed by atoms with Crippen molar-refractivity contribution in [1.82, 2.24) is 0 Å². The Morgan fingerprint density at radius 3 is 2.32 bits per heavy atom. The summed E-state index contributed by atoms with van der Waals surface area (Å²) in [5.41, 5.74) is 3.04. The zero-order valence-corrected chi connectivity index (χ0v) is 13.2. The summed E-state index contributed by atoms with van der Waals surface area (Å²) >= 11 is 1.22. The van der Waals surface area contributed by atoms with Crippen LogP contribution in [0.15, 0.2) is 47.4 Å². The maximum atomic E-state index is 12.1. The Kier molecular flexibility index (Phi) is 5.22. The van der Waals surface area contributed by atoms with E-state index in [1.165, 1.54) is 17.8 Å². The van der Waals surface area contributed by atoms with Crippen LogP contribution in [-0.4, -0.2) is 22.7 Å². The van der Waals surface area contributed by atoms with Crippen molar-refractivity contribution in [1.29, 1.82) is 0 Å². The third-order valence-corrected chi connectivity index (χ3v) is 4.30. The van der Waals surface area contributed by atoms with Crippen LogP contribution in [0.25, 0.3) is 0 Å². The minimum Gasteiger partial charge on any atom is -0.478 e. The molecular weight excluding hydrogens is 298 g/mol. The van der Waals surface area contributed by atoms with Crippen molar-refractivity contribution in [3.63, 3.8) is 0 Å². The van der Waals surface area contributed by atoms with Gasteiger partial charge in [-0.05, 0) is 37.1 Å². The summed E-state index contributed by atoms with van der Waals surface area (Å²) in [5, 5.41) is 12.0. The van der Waals surface area contributed by atoms with E-state index in [4.69, 9.17) is 5.11 Å². The summed E-state index contributed by atoms with van der Waals surface area (Å²) < 4.78 is 0. The number of benzene rings is 2. The number of carbonyl (C=O) groups excluding carboxylic acids is 1. The molecule has 0 aliphatic heterocycles. The van der Waals surface area contributed by atoms with Crippen LogP contribution in [0.1, 0.15) is 21.5 Å². The Morgan fingerprint density at radius 1 is 1.05 bits per heavy atom. The number of aromatic carboxylic acids is 1. The van der Waals surface area contributed by atoms with E-state index in [2.05, 4.69) is 5.32 Å². The molecule has 114 valence electrons. The van der Waals surface area contributed by atoms with Crippen molar-refractivity contribution < 1.29 is 14.7 Å². The average Bonchev–Trinajstić information content (AvgIpc) is 2.49. The lowest BCUT2D eigenvalue weighted by atomic mass is 10.1. The minimum absolute atomic E-state index is 0.150. The number of anilines is 1. The number of hydrogen-bond donors (Lipinski definition) is 2. The first kappa shape index (κ1) is 16.1. The van der Waals surface area contributed by atoms with Gasteiger partial charge >= 0.3 is 5.97 Å². The van der Waals surface area contributed by atoms with Gasteiger partial charge in [-0.1, -0.05) is 30.3 Å². The maximum absolute atomic E-state index is 12.1. The third kappa shape index (κ3) is 3.89. The number of nitrogens with one attached hydrogen (secondary N) is 1. The fourth-order valence-corrected chi connectivity index (χ4v) is 2.94. The van der Waals surface area contributed by atoms with E-state index in [0.29, 0.717) is 4.90 Å². The highest BCUT2D eigenvalue weighted by Gasteiger charge is 2.12. The molecule has 0 unspecified atom stereocenters. The first-order valence-electron chi connectivity index (χ1n) is 6.80. The van der Waals surface area contributed by atoms with E-state index in [1.807, 2.05) is 32.0 Å². The quantitative estimate of drug-likeness (QED) is 0.825. The Balaban J connectivity index is 2.04. The molecule has 0 fully saturated rings. The van der Waals surface area contributed by atoms with Crippen LogP contribution in [0.5, 0.6) is 0 Å². The van der Waals surface area contributed by atoms with Gasteiger partial charge in [0.15, 0.2) is 0 Å². The molecule has 5 heteroatoms. The fraction of sp³-hybridized carbons (Fsp3) is 0.176. The summed E-state index contributed by atoms with van der Waals surface area (Å²) in [6, 6.07) is 12.5. The van der Waals surface area contributed by atoms with E-state index >= 15 is 0 Å². The molecule has 0 bridgehead atoms. The fourth-order valence-electron chi connectivity index (χ4n) is 2.10. The van der Waals surface area contributed by atoms with Gasteiger partial charge < -0.3 is 10.4 Å². The second-order valence-corrected chi connectivity index (χ2v) is 5.92. The van der Waals surface area contributed by atoms with Gasteiger partial charge in [-0.15, -0.1) is 11.8 Å². The number of aryl methyl sites for hydroxylation is 2. The van der Waals surface area contributed by atoms with Gasteiger partial charge in [-0.3, -0.25) is 4.79 Å². The van der Waals surface area contributed by atoms with Gasteiger partial charge in [0.25, 0.3) is 0 Å². The molecule has 2 rings (SSSR count). The topological polar surface area (TPSA) is 66.4 Å². The molecule has 0 aliphatic carbocycles. The zero-order valence-electron chi connectivity index (χ0n) is 12.4. The Bertz CT molecular complexity index is 693. The summed E-state index contributed by atoms with van der Waals surface area (Å²) in [6.45, 7) is 3.88.